The summed E-state index contributed by atoms with van der Waals surface area (Å²) in [6, 6.07) is 6.21. The molecule has 3 nitrogen and oxygen atoms in total. The third kappa shape index (κ3) is 2.36. The van der Waals surface area contributed by atoms with E-state index in [4.69, 9.17) is 10.5 Å². The summed E-state index contributed by atoms with van der Waals surface area (Å²) in [5.74, 6) is 0.834. The van der Waals surface area contributed by atoms with Gasteiger partial charge in [-0.1, -0.05) is 13.0 Å². The summed E-state index contributed by atoms with van der Waals surface area (Å²) >= 11 is 0. The number of rotatable bonds is 4. The molecule has 0 aromatic heterocycles. The molecular weight excluding hydrogens is 202 g/mol. The molecule has 16 heavy (non-hydrogen) atoms. The number of ether oxygens (including phenoxy) is 1. The van der Waals surface area contributed by atoms with Gasteiger partial charge in [-0.15, -0.1) is 0 Å². The molecule has 2 rings (SSSR count). The van der Waals surface area contributed by atoms with E-state index in [2.05, 4.69) is 0 Å². The van der Waals surface area contributed by atoms with Gasteiger partial charge in [-0.05, 0) is 42.5 Å². The third-order valence-electron chi connectivity index (χ3n) is 3.15. The number of nitrogens with two attached hydrogens (primary N) is 1. The highest BCUT2D eigenvalue weighted by molar-refractivity contribution is 5.40. The number of benzene rings is 1. The molecule has 2 unspecified atom stereocenters. The van der Waals surface area contributed by atoms with Crippen molar-refractivity contribution in [2.45, 2.75) is 38.3 Å². The number of aliphatic hydroxyl groups excluding tert-OH is 1. The molecule has 0 spiro atoms. The van der Waals surface area contributed by atoms with Gasteiger partial charge in [-0.3, -0.25) is 0 Å². The summed E-state index contributed by atoms with van der Waals surface area (Å²) in [4.78, 5) is 0. The standard InChI is InChI=1S/C13H19NO2/c1-2-10(15)8-16-11-4-5-12-9(7-11)3-6-13(12)14/h4-5,7,10,13,15H,2-3,6,8,14H2,1H3. The predicted molar refractivity (Wildman–Crippen MR) is 63.5 cm³/mol. The minimum Gasteiger partial charge on any atom is -0.491 e. The molecule has 1 aliphatic carbocycles. The normalized spacial score (nSPS) is 20.6. The first-order valence-electron chi connectivity index (χ1n) is 5.90. The average molecular weight is 221 g/mol. The maximum atomic E-state index is 9.41. The van der Waals surface area contributed by atoms with Crippen molar-refractivity contribution >= 4 is 0 Å². The molecule has 1 aromatic carbocycles. The second kappa shape index (κ2) is 4.85. The van der Waals surface area contributed by atoms with Crippen molar-refractivity contribution in [2.24, 2.45) is 5.73 Å². The van der Waals surface area contributed by atoms with Gasteiger partial charge in [-0.2, -0.15) is 0 Å². The van der Waals surface area contributed by atoms with Gasteiger partial charge in [-0.25, -0.2) is 0 Å². The number of hydrogen-bond donors (Lipinski definition) is 2. The van der Waals surface area contributed by atoms with Crippen LogP contribution in [0.4, 0.5) is 0 Å². The Morgan fingerprint density at radius 1 is 1.56 bits per heavy atom. The Balaban J connectivity index is 2.02. The van der Waals surface area contributed by atoms with Gasteiger partial charge in [0.15, 0.2) is 0 Å². The average Bonchev–Trinajstić information content (AvgIpc) is 2.67. The number of aliphatic hydroxyl groups is 1. The molecule has 1 aliphatic rings. The van der Waals surface area contributed by atoms with Crippen LogP contribution in [-0.4, -0.2) is 17.8 Å². The zero-order valence-electron chi connectivity index (χ0n) is 9.65. The molecule has 0 bridgehead atoms. The summed E-state index contributed by atoms with van der Waals surface area (Å²) in [6.07, 6.45) is 2.39. The molecule has 2 atom stereocenters. The van der Waals surface area contributed by atoms with Gasteiger partial charge >= 0.3 is 0 Å². The van der Waals surface area contributed by atoms with E-state index in [9.17, 15) is 5.11 Å². The van der Waals surface area contributed by atoms with Gasteiger partial charge in [0, 0.05) is 6.04 Å². The maximum absolute atomic E-state index is 9.41. The predicted octanol–water partition coefficient (Wildman–Crippen LogP) is 1.78. The molecule has 3 N–H and O–H groups in total. The van der Waals surface area contributed by atoms with E-state index in [0.717, 1.165) is 25.0 Å². The van der Waals surface area contributed by atoms with Gasteiger partial charge in [0.05, 0.1) is 6.10 Å². The van der Waals surface area contributed by atoms with E-state index >= 15 is 0 Å². The van der Waals surface area contributed by atoms with Crippen molar-refractivity contribution in [1.29, 1.82) is 0 Å². The van der Waals surface area contributed by atoms with Gasteiger partial charge in [0.25, 0.3) is 0 Å². The van der Waals surface area contributed by atoms with Crippen LogP contribution in [0.3, 0.4) is 0 Å². The van der Waals surface area contributed by atoms with Crippen molar-refractivity contribution in [3.05, 3.63) is 29.3 Å². The molecule has 88 valence electrons. The highest BCUT2D eigenvalue weighted by atomic mass is 16.5. The van der Waals surface area contributed by atoms with Crippen LogP contribution in [0.15, 0.2) is 18.2 Å². The van der Waals surface area contributed by atoms with Gasteiger partial charge < -0.3 is 15.6 Å². The Bertz CT molecular complexity index is 365. The minimum atomic E-state index is -0.379. The zero-order valence-corrected chi connectivity index (χ0v) is 9.65. The summed E-state index contributed by atoms with van der Waals surface area (Å²) in [6.45, 7) is 2.30. The van der Waals surface area contributed by atoms with Crippen LogP contribution in [0.1, 0.15) is 36.9 Å². The van der Waals surface area contributed by atoms with Crippen molar-refractivity contribution < 1.29 is 9.84 Å². The molecule has 0 radical (unpaired) electrons. The molecule has 0 saturated carbocycles. The second-order valence-electron chi connectivity index (χ2n) is 4.38. The van der Waals surface area contributed by atoms with Crippen molar-refractivity contribution in [3.8, 4) is 5.75 Å². The van der Waals surface area contributed by atoms with Crippen molar-refractivity contribution in [3.63, 3.8) is 0 Å². The Labute approximate surface area is 96.2 Å². The topological polar surface area (TPSA) is 55.5 Å². The van der Waals surface area contributed by atoms with Gasteiger partial charge in [0.1, 0.15) is 12.4 Å². The van der Waals surface area contributed by atoms with Crippen LogP contribution in [-0.2, 0) is 6.42 Å². The molecule has 0 heterocycles. The molecule has 1 aromatic rings. The SMILES string of the molecule is CCC(O)COc1ccc2c(c1)CCC2N. The lowest BCUT2D eigenvalue weighted by atomic mass is 10.1. The van der Waals surface area contributed by atoms with E-state index in [1.54, 1.807) is 0 Å². The second-order valence-corrected chi connectivity index (χ2v) is 4.38. The quantitative estimate of drug-likeness (QED) is 0.815. The smallest absolute Gasteiger partial charge is 0.119 e. The van der Waals surface area contributed by atoms with E-state index in [1.807, 2.05) is 25.1 Å². The summed E-state index contributed by atoms with van der Waals surface area (Å²) in [5.41, 5.74) is 8.49. The fourth-order valence-corrected chi connectivity index (χ4v) is 2.03. The summed E-state index contributed by atoms with van der Waals surface area (Å²) < 4.78 is 5.53. The van der Waals surface area contributed by atoms with E-state index in [1.165, 1.54) is 11.1 Å². The lowest BCUT2D eigenvalue weighted by molar-refractivity contribution is 0.104. The highest BCUT2D eigenvalue weighted by Crippen LogP contribution is 2.31. The monoisotopic (exact) mass is 221 g/mol. The number of aryl methyl sites for hydroxylation is 1. The van der Waals surface area contributed by atoms with Crippen LogP contribution in [0.2, 0.25) is 0 Å². The first kappa shape index (κ1) is 11.4. The van der Waals surface area contributed by atoms with Crippen LogP contribution in [0.25, 0.3) is 0 Å². The number of hydrogen-bond acceptors (Lipinski definition) is 3. The fourth-order valence-electron chi connectivity index (χ4n) is 2.03. The van der Waals surface area contributed by atoms with Crippen LogP contribution < -0.4 is 10.5 Å². The van der Waals surface area contributed by atoms with Crippen LogP contribution in [0, 0.1) is 0 Å². The molecule has 0 fully saturated rings. The van der Waals surface area contributed by atoms with E-state index in [-0.39, 0.29) is 12.1 Å². The zero-order chi connectivity index (χ0) is 11.5. The van der Waals surface area contributed by atoms with Gasteiger partial charge in [0.2, 0.25) is 0 Å². The minimum absolute atomic E-state index is 0.185. The fraction of sp³-hybridized carbons (Fsp3) is 0.538. The number of fused-ring (bicyclic) bond motifs is 1. The summed E-state index contributed by atoms with van der Waals surface area (Å²) in [5, 5.41) is 9.41. The van der Waals surface area contributed by atoms with Crippen LogP contribution >= 0.6 is 0 Å². The molecule has 0 aliphatic heterocycles. The lowest BCUT2D eigenvalue weighted by Crippen LogP contribution is -2.16. The lowest BCUT2D eigenvalue weighted by Gasteiger charge is -2.12. The Morgan fingerprint density at radius 3 is 3.12 bits per heavy atom. The first-order chi connectivity index (χ1) is 7.70. The highest BCUT2D eigenvalue weighted by Gasteiger charge is 2.19. The molecule has 3 heteroatoms. The van der Waals surface area contributed by atoms with Crippen LogP contribution in [0.5, 0.6) is 5.75 Å². The Kier molecular flexibility index (Phi) is 3.46. The van der Waals surface area contributed by atoms with E-state index < -0.39 is 0 Å². The van der Waals surface area contributed by atoms with Crippen molar-refractivity contribution in [2.75, 3.05) is 6.61 Å². The maximum Gasteiger partial charge on any atom is 0.119 e. The molecule has 0 saturated heterocycles. The summed E-state index contributed by atoms with van der Waals surface area (Å²) in [7, 11) is 0. The Hall–Kier alpha value is -1.06. The van der Waals surface area contributed by atoms with E-state index in [0.29, 0.717) is 6.61 Å². The molecular formula is C13H19NO2. The molecule has 0 amide bonds. The first-order valence-corrected chi connectivity index (χ1v) is 5.90. The largest absolute Gasteiger partial charge is 0.491 e. The van der Waals surface area contributed by atoms with Crippen molar-refractivity contribution in [1.82, 2.24) is 0 Å². The Morgan fingerprint density at radius 2 is 2.38 bits per heavy atom. The third-order valence-corrected chi connectivity index (χ3v) is 3.15.